The van der Waals surface area contributed by atoms with E-state index in [0.29, 0.717) is 5.92 Å². The summed E-state index contributed by atoms with van der Waals surface area (Å²) in [6, 6.07) is 0.155. The summed E-state index contributed by atoms with van der Waals surface area (Å²) >= 11 is 0. The lowest BCUT2D eigenvalue weighted by molar-refractivity contribution is 0.351. The maximum atomic E-state index is 5.23. The molecular formula is C9H16N4O. The van der Waals surface area contributed by atoms with Gasteiger partial charge in [0.2, 0.25) is 5.89 Å². The van der Waals surface area contributed by atoms with Crippen LogP contribution in [0, 0.1) is 0 Å². The lowest BCUT2D eigenvalue weighted by Gasteiger charge is -2.02. The molecule has 78 valence electrons. The Balaban J connectivity index is 2.08. The van der Waals surface area contributed by atoms with Crippen LogP contribution in [0.15, 0.2) is 4.52 Å². The largest absolute Gasteiger partial charge is 0.339 e. The number of hydrogen-bond acceptors (Lipinski definition) is 5. The van der Waals surface area contributed by atoms with Crippen LogP contribution in [0.2, 0.25) is 0 Å². The molecule has 0 saturated carbocycles. The Morgan fingerprint density at radius 3 is 3.14 bits per heavy atom. The Bertz CT molecular complexity index is 293. The monoisotopic (exact) mass is 196 g/mol. The second-order valence-corrected chi connectivity index (χ2v) is 3.69. The molecule has 2 heterocycles. The first-order valence-electron chi connectivity index (χ1n) is 5.02. The van der Waals surface area contributed by atoms with Gasteiger partial charge in [0.25, 0.3) is 0 Å². The maximum absolute atomic E-state index is 5.23. The van der Waals surface area contributed by atoms with Crippen LogP contribution in [-0.4, -0.2) is 30.3 Å². The quantitative estimate of drug-likeness (QED) is 0.734. The summed E-state index contributed by atoms with van der Waals surface area (Å²) in [5, 5.41) is 10.3. The SMILES string of the molecule is CNC(C)c1noc(C2CCNC2)n1. The minimum absolute atomic E-state index is 0.155. The third-order valence-electron chi connectivity index (χ3n) is 2.69. The van der Waals surface area contributed by atoms with Crippen molar-refractivity contribution in [2.75, 3.05) is 20.1 Å². The van der Waals surface area contributed by atoms with E-state index in [4.69, 9.17) is 4.52 Å². The fraction of sp³-hybridized carbons (Fsp3) is 0.778. The van der Waals surface area contributed by atoms with Crippen LogP contribution in [0.25, 0.3) is 0 Å². The smallest absolute Gasteiger partial charge is 0.231 e. The van der Waals surface area contributed by atoms with E-state index in [1.807, 2.05) is 14.0 Å². The number of nitrogens with zero attached hydrogens (tertiary/aromatic N) is 2. The van der Waals surface area contributed by atoms with Crippen molar-refractivity contribution in [3.63, 3.8) is 0 Å². The molecule has 0 aliphatic carbocycles. The maximum Gasteiger partial charge on any atom is 0.231 e. The molecule has 1 aliphatic heterocycles. The Labute approximate surface area is 83.3 Å². The highest BCUT2D eigenvalue weighted by Crippen LogP contribution is 2.21. The van der Waals surface area contributed by atoms with Crippen LogP contribution in [-0.2, 0) is 0 Å². The topological polar surface area (TPSA) is 63.0 Å². The molecule has 1 aromatic heterocycles. The minimum Gasteiger partial charge on any atom is -0.339 e. The summed E-state index contributed by atoms with van der Waals surface area (Å²) in [5.41, 5.74) is 0. The van der Waals surface area contributed by atoms with E-state index in [9.17, 15) is 0 Å². The lowest BCUT2D eigenvalue weighted by Crippen LogP contribution is -2.14. The second-order valence-electron chi connectivity index (χ2n) is 3.69. The van der Waals surface area contributed by atoms with E-state index in [-0.39, 0.29) is 6.04 Å². The fourth-order valence-corrected chi connectivity index (χ4v) is 1.58. The van der Waals surface area contributed by atoms with Crippen molar-refractivity contribution in [1.82, 2.24) is 20.8 Å². The Hall–Kier alpha value is -0.940. The highest BCUT2D eigenvalue weighted by atomic mass is 16.5. The zero-order chi connectivity index (χ0) is 9.97. The third-order valence-corrected chi connectivity index (χ3v) is 2.69. The second kappa shape index (κ2) is 4.06. The van der Waals surface area contributed by atoms with E-state index in [2.05, 4.69) is 20.8 Å². The molecule has 0 spiro atoms. The normalized spacial score (nSPS) is 24.0. The predicted molar refractivity (Wildman–Crippen MR) is 52.0 cm³/mol. The number of rotatable bonds is 3. The average molecular weight is 196 g/mol. The van der Waals surface area contributed by atoms with Gasteiger partial charge in [0.1, 0.15) is 0 Å². The molecule has 0 aromatic carbocycles. The zero-order valence-electron chi connectivity index (χ0n) is 8.58. The zero-order valence-corrected chi connectivity index (χ0v) is 8.58. The first-order chi connectivity index (χ1) is 6.81. The van der Waals surface area contributed by atoms with Crippen LogP contribution in [0.3, 0.4) is 0 Å². The molecule has 2 rings (SSSR count). The third kappa shape index (κ3) is 1.78. The summed E-state index contributed by atoms with van der Waals surface area (Å²) in [7, 11) is 1.89. The number of hydrogen-bond donors (Lipinski definition) is 2. The van der Waals surface area contributed by atoms with Crippen molar-refractivity contribution in [3.8, 4) is 0 Å². The molecule has 1 aromatic rings. The number of aromatic nitrogens is 2. The van der Waals surface area contributed by atoms with Crippen molar-refractivity contribution in [3.05, 3.63) is 11.7 Å². The van der Waals surface area contributed by atoms with Gasteiger partial charge in [0.05, 0.1) is 12.0 Å². The molecule has 5 heteroatoms. The standard InChI is InChI=1S/C9H16N4O/c1-6(10-2)8-12-9(14-13-8)7-3-4-11-5-7/h6-7,10-11H,3-5H2,1-2H3. The Morgan fingerprint density at radius 2 is 2.50 bits per heavy atom. The molecule has 0 radical (unpaired) electrons. The summed E-state index contributed by atoms with van der Waals surface area (Å²) in [5.74, 6) is 1.92. The van der Waals surface area contributed by atoms with Crippen molar-refractivity contribution in [2.45, 2.75) is 25.3 Å². The average Bonchev–Trinajstić information content (AvgIpc) is 2.86. The van der Waals surface area contributed by atoms with Crippen molar-refractivity contribution < 1.29 is 4.52 Å². The van der Waals surface area contributed by atoms with Gasteiger partial charge in [-0.25, -0.2) is 0 Å². The molecule has 1 saturated heterocycles. The molecule has 14 heavy (non-hydrogen) atoms. The van der Waals surface area contributed by atoms with Gasteiger partial charge >= 0.3 is 0 Å². The highest BCUT2D eigenvalue weighted by molar-refractivity contribution is 5.00. The Morgan fingerprint density at radius 1 is 1.64 bits per heavy atom. The molecular weight excluding hydrogens is 180 g/mol. The Kier molecular flexibility index (Phi) is 2.79. The summed E-state index contributed by atoms with van der Waals surface area (Å²) < 4.78 is 5.23. The van der Waals surface area contributed by atoms with Crippen molar-refractivity contribution in [1.29, 1.82) is 0 Å². The minimum atomic E-state index is 0.155. The van der Waals surface area contributed by atoms with E-state index >= 15 is 0 Å². The van der Waals surface area contributed by atoms with E-state index in [1.165, 1.54) is 0 Å². The summed E-state index contributed by atoms with van der Waals surface area (Å²) in [6.07, 6.45) is 1.09. The van der Waals surface area contributed by atoms with Gasteiger partial charge in [-0.3, -0.25) is 0 Å². The molecule has 2 atom stereocenters. The number of nitrogens with one attached hydrogen (secondary N) is 2. The summed E-state index contributed by atoms with van der Waals surface area (Å²) in [6.45, 7) is 4.01. The van der Waals surface area contributed by atoms with Crippen molar-refractivity contribution in [2.24, 2.45) is 0 Å². The van der Waals surface area contributed by atoms with Crippen LogP contribution < -0.4 is 10.6 Å². The van der Waals surface area contributed by atoms with E-state index < -0.39 is 0 Å². The van der Waals surface area contributed by atoms with Crippen molar-refractivity contribution >= 4 is 0 Å². The van der Waals surface area contributed by atoms with Gasteiger partial charge in [0.15, 0.2) is 5.82 Å². The van der Waals surface area contributed by atoms with Crippen LogP contribution >= 0.6 is 0 Å². The van der Waals surface area contributed by atoms with Crippen LogP contribution in [0.4, 0.5) is 0 Å². The molecule has 1 fully saturated rings. The van der Waals surface area contributed by atoms with Gasteiger partial charge < -0.3 is 15.2 Å². The van der Waals surface area contributed by atoms with Crippen LogP contribution in [0.1, 0.15) is 37.0 Å². The molecule has 0 amide bonds. The van der Waals surface area contributed by atoms with E-state index in [0.717, 1.165) is 31.2 Å². The van der Waals surface area contributed by atoms with E-state index in [1.54, 1.807) is 0 Å². The van der Waals surface area contributed by atoms with Gasteiger partial charge in [-0.05, 0) is 26.9 Å². The lowest BCUT2D eigenvalue weighted by atomic mass is 10.1. The first kappa shape index (κ1) is 9.61. The highest BCUT2D eigenvalue weighted by Gasteiger charge is 2.23. The molecule has 1 aliphatic rings. The van der Waals surface area contributed by atoms with Crippen LogP contribution in [0.5, 0.6) is 0 Å². The first-order valence-corrected chi connectivity index (χ1v) is 5.02. The fourth-order valence-electron chi connectivity index (χ4n) is 1.58. The predicted octanol–water partition coefficient (Wildman–Crippen LogP) is 0.427. The van der Waals surface area contributed by atoms with Gasteiger partial charge in [-0.2, -0.15) is 4.98 Å². The molecule has 2 N–H and O–H groups in total. The molecule has 0 bridgehead atoms. The van der Waals surface area contributed by atoms with Gasteiger partial charge in [-0.15, -0.1) is 0 Å². The summed E-state index contributed by atoms with van der Waals surface area (Å²) in [4.78, 5) is 4.38. The van der Waals surface area contributed by atoms with Gasteiger partial charge in [-0.1, -0.05) is 5.16 Å². The van der Waals surface area contributed by atoms with Gasteiger partial charge in [0, 0.05) is 6.54 Å². The molecule has 2 unspecified atom stereocenters. The molecule has 5 nitrogen and oxygen atoms in total.